The molecular formula is C25H26N4O4S. The number of hydrogen-bond donors (Lipinski definition) is 2. The number of nitrogens with one attached hydrogen (secondary N) is 2. The Labute approximate surface area is 198 Å². The average molecular weight is 479 g/mol. The van der Waals surface area contributed by atoms with E-state index >= 15 is 0 Å². The number of carbonyl (C=O) groups excluding carboxylic acids is 1. The van der Waals surface area contributed by atoms with Crippen molar-refractivity contribution in [2.75, 3.05) is 11.8 Å². The SMILES string of the molecule is COc1ccc(S(=O)(=O)Nc2ccc3c(c2)nc(-c2ccc(C(=O)NC(C)C)cc2)n3C)cc1. The first-order valence-electron chi connectivity index (χ1n) is 10.7. The highest BCUT2D eigenvalue weighted by Crippen LogP contribution is 2.27. The maximum absolute atomic E-state index is 12.8. The van der Waals surface area contributed by atoms with E-state index in [9.17, 15) is 13.2 Å². The van der Waals surface area contributed by atoms with Crippen molar-refractivity contribution in [1.82, 2.24) is 14.9 Å². The van der Waals surface area contributed by atoms with Gasteiger partial charge in [-0.05, 0) is 68.4 Å². The third-order valence-electron chi connectivity index (χ3n) is 5.33. The number of amides is 1. The fourth-order valence-corrected chi connectivity index (χ4v) is 4.66. The summed E-state index contributed by atoms with van der Waals surface area (Å²) in [6.45, 7) is 3.83. The monoisotopic (exact) mass is 478 g/mol. The zero-order chi connectivity index (χ0) is 24.5. The summed E-state index contributed by atoms with van der Waals surface area (Å²) in [4.78, 5) is 17.0. The number of ether oxygens (including phenoxy) is 1. The molecule has 3 aromatic carbocycles. The second kappa shape index (κ2) is 9.18. The molecular weight excluding hydrogens is 452 g/mol. The molecule has 8 nitrogen and oxygen atoms in total. The van der Waals surface area contributed by atoms with Gasteiger partial charge in [0.1, 0.15) is 11.6 Å². The fraction of sp³-hybridized carbons (Fsp3) is 0.200. The van der Waals surface area contributed by atoms with Gasteiger partial charge in [-0.25, -0.2) is 13.4 Å². The highest BCUT2D eigenvalue weighted by Gasteiger charge is 2.16. The second-order valence-electron chi connectivity index (χ2n) is 8.18. The molecule has 0 aliphatic heterocycles. The molecule has 0 fully saturated rings. The molecule has 0 unspecified atom stereocenters. The number of fused-ring (bicyclic) bond motifs is 1. The average Bonchev–Trinajstić information content (AvgIpc) is 3.14. The first kappa shape index (κ1) is 23.3. The fourth-order valence-electron chi connectivity index (χ4n) is 3.61. The zero-order valence-electron chi connectivity index (χ0n) is 19.4. The second-order valence-corrected chi connectivity index (χ2v) is 9.87. The molecule has 1 aromatic heterocycles. The molecule has 1 amide bonds. The molecule has 4 aromatic rings. The molecule has 2 N–H and O–H groups in total. The van der Waals surface area contributed by atoms with Crippen molar-refractivity contribution >= 4 is 32.7 Å². The van der Waals surface area contributed by atoms with E-state index in [4.69, 9.17) is 9.72 Å². The minimum atomic E-state index is -3.76. The van der Waals surface area contributed by atoms with Gasteiger partial charge in [0.05, 0.1) is 28.7 Å². The molecule has 9 heteroatoms. The number of anilines is 1. The lowest BCUT2D eigenvalue weighted by atomic mass is 10.1. The topological polar surface area (TPSA) is 102 Å². The van der Waals surface area contributed by atoms with Gasteiger partial charge in [0.25, 0.3) is 15.9 Å². The number of rotatable bonds is 7. The largest absolute Gasteiger partial charge is 0.497 e. The van der Waals surface area contributed by atoms with Crippen LogP contribution in [0.1, 0.15) is 24.2 Å². The highest BCUT2D eigenvalue weighted by atomic mass is 32.2. The van der Waals surface area contributed by atoms with Crippen LogP contribution < -0.4 is 14.8 Å². The highest BCUT2D eigenvalue weighted by molar-refractivity contribution is 7.92. The lowest BCUT2D eigenvalue weighted by Crippen LogP contribution is -2.29. The summed E-state index contributed by atoms with van der Waals surface area (Å²) in [6.07, 6.45) is 0. The number of imidazole rings is 1. The maximum atomic E-state index is 12.8. The van der Waals surface area contributed by atoms with Gasteiger partial charge in [-0.1, -0.05) is 12.1 Å². The molecule has 0 saturated carbocycles. The van der Waals surface area contributed by atoms with Gasteiger partial charge in [0.2, 0.25) is 0 Å². The Morgan fingerprint density at radius 3 is 2.29 bits per heavy atom. The predicted octanol–water partition coefficient (Wildman–Crippen LogP) is 4.19. The van der Waals surface area contributed by atoms with E-state index in [1.165, 1.54) is 19.2 Å². The molecule has 34 heavy (non-hydrogen) atoms. The van der Waals surface area contributed by atoms with Crippen LogP contribution in [0.3, 0.4) is 0 Å². The molecule has 4 rings (SSSR count). The summed E-state index contributed by atoms with van der Waals surface area (Å²) in [7, 11) is -0.344. The standard InChI is InChI=1S/C25H26N4O4S/c1-16(2)26-25(30)18-7-5-17(6-8-18)24-27-22-15-19(9-14-23(22)29(24)3)28-34(31,32)21-12-10-20(33-4)11-13-21/h5-16,28H,1-4H3,(H,26,30). The van der Waals surface area contributed by atoms with Gasteiger partial charge in [-0.15, -0.1) is 0 Å². The van der Waals surface area contributed by atoms with Crippen LogP contribution in [0.5, 0.6) is 5.75 Å². The Morgan fingerprint density at radius 2 is 1.68 bits per heavy atom. The van der Waals surface area contributed by atoms with Crippen molar-refractivity contribution in [3.63, 3.8) is 0 Å². The van der Waals surface area contributed by atoms with Crippen molar-refractivity contribution in [2.45, 2.75) is 24.8 Å². The molecule has 0 bridgehead atoms. The number of carbonyl (C=O) groups is 1. The van der Waals surface area contributed by atoms with Crippen LogP contribution in [-0.2, 0) is 17.1 Å². The molecule has 0 aliphatic rings. The Morgan fingerprint density at radius 1 is 1.00 bits per heavy atom. The lowest BCUT2D eigenvalue weighted by molar-refractivity contribution is 0.0943. The number of sulfonamides is 1. The van der Waals surface area contributed by atoms with Crippen LogP contribution in [0.2, 0.25) is 0 Å². The summed E-state index contributed by atoms with van der Waals surface area (Å²) < 4.78 is 35.2. The minimum absolute atomic E-state index is 0.0587. The number of methoxy groups -OCH3 is 1. The Kier molecular flexibility index (Phi) is 6.30. The number of benzene rings is 3. The van der Waals surface area contributed by atoms with Gasteiger partial charge in [-0.2, -0.15) is 0 Å². The smallest absolute Gasteiger partial charge is 0.261 e. The number of aromatic nitrogens is 2. The van der Waals surface area contributed by atoms with Crippen molar-refractivity contribution in [1.29, 1.82) is 0 Å². The zero-order valence-corrected chi connectivity index (χ0v) is 20.2. The number of nitrogens with zero attached hydrogens (tertiary/aromatic N) is 2. The summed E-state index contributed by atoms with van der Waals surface area (Å²) in [5.74, 6) is 1.16. The Bertz CT molecular complexity index is 1440. The van der Waals surface area contributed by atoms with Crippen LogP contribution in [0.4, 0.5) is 5.69 Å². The van der Waals surface area contributed by atoms with E-state index in [1.807, 2.05) is 43.7 Å². The minimum Gasteiger partial charge on any atom is -0.497 e. The van der Waals surface area contributed by atoms with Crippen LogP contribution in [0, 0.1) is 0 Å². The third kappa shape index (κ3) is 4.74. The van der Waals surface area contributed by atoms with E-state index in [1.54, 1.807) is 36.4 Å². The van der Waals surface area contributed by atoms with Gasteiger partial charge < -0.3 is 14.6 Å². The normalized spacial score (nSPS) is 11.6. The molecule has 1 heterocycles. The molecule has 0 spiro atoms. The van der Waals surface area contributed by atoms with Gasteiger partial charge >= 0.3 is 0 Å². The lowest BCUT2D eigenvalue weighted by Gasteiger charge is -2.09. The van der Waals surface area contributed by atoms with Crippen molar-refractivity contribution < 1.29 is 17.9 Å². The van der Waals surface area contributed by atoms with Crippen LogP contribution in [0.25, 0.3) is 22.4 Å². The van der Waals surface area contributed by atoms with Crippen molar-refractivity contribution in [2.24, 2.45) is 7.05 Å². The van der Waals surface area contributed by atoms with Crippen LogP contribution in [-0.4, -0.2) is 37.0 Å². The molecule has 0 saturated heterocycles. The van der Waals surface area contributed by atoms with E-state index in [0.29, 0.717) is 28.3 Å². The van der Waals surface area contributed by atoms with Gasteiger partial charge in [-0.3, -0.25) is 9.52 Å². The Balaban J connectivity index is 1.60. The van der Waals surface area contributed by atoms with E-state index in [0.717, 1.165) is 11.1 Å². The molecule has 176 valence electrons. The molecule has 0 radical (unpaired) electrons. The van der Waals surface area contributed by atoms with Crippen molar-refractivity contribution in [3.8, 4) is 17.1 Å². The van der Waals surface area contributed by atoms with Gasteiger partial charge in [0, 0.05) is 24.2 Å². The summed E-state index contributed by atoms with van der Waals surface area (Å²) >= 11 is 0. The summed E-state index contributed by atoms with van der Waals surface area (Å²) in [5, 5.41) is 2.87. The first-order chi connectivity index (χ1) is 16.2. The summed E-state index contributed by atoms with van der Waals surface area (Å²) in [6, 6.07) is 18.7. The van der Waals surface area contributed by atoms with E-state index in [-0.39, 0.29) is 16.8 Å². The number of hydrogen-bond acceptors (Lipinski definition) is 5. The quantitative estimate of drug-likeness (QED) is 0.415. The number of aryl methyl sites for hydroxylation is 1. The predicted molar refractivity (Wildman–Crippen MR) is 133 cm³/mol. The van der Waals surface area contributed by atoms with Crippen molar-refractivity contribution in [3.05, 3.63) is 72.3 Å². The molecule has 0 atom stereocenters. The Hall–Kier alpha value is -3.85. The van der Waals surface area contributed by atoms with E-state index in [2.05, 4.69) is 10.0 Å². The van der Waals surface area contributed by atoms with E-state index < -0.39 is 10.0 Å². The van der Waals surface area contributed by atoms with Gasteiger partial charge in [0.15, 0.2) is 0 Å². The molecule has 0 aliphatic carbocycles. The summed E-state index contributed by atoms with van der Waals surface area (Å²) in [5.41, 5.74) is 3.33. The van der Waals surface area contributed by atoms with Crippen LogP contribution >= 0.6 is 0 Å². The third-order valence-corrected chi connectivity index (χ3v) is 6.73. The van der Waals surface area contributed by atoms with Crippen LogP contribution in [0.15, 0.2) is 71.6 Å². The maximum Gasteiger partial charge on any atom is 0.261 e. The first-order valence-corrected chi connectivity index (χ1v) is 12.2.